The molecule has 6 nitrogen and oxygen atoms in total. The number of hydrogen-bond donors (Lipinski definition) is 2. The van der Waals surface area contributed by atoms with Crippen LogP contribution in [0.25, 0.3) is 11.4 Å². The number of carbonyl (C=O) groups is 1. The van der Waals surface area contributed by atoms with E-state index in [1.807, 2.05) is 38.1 Å². The molecule has 1 saturated heterocycles. The first kappa shape index (κ1) is 17.6. The molecule has 0 saturated carbocycles. The van der Waals surface area contributed by atoms with Crippen molar-refractivity contribution >= 4 is 5.91 Å². The summed E-state index contributed by atoms with van der Waals surface area (Å²) in [5.41, 5.74) is 1.99. The number of aromatic amines is 1. The summed E-state index contributed by atoms with van der Waals surface area (Å²) in [6.07, 6.45) is 2.33. The molecule has 1 aromatic heterocycles. The van der Waals surface area contributed by atoms with Crippen molar-refractivity contribution in [2.75, 3.05) is 0 Å². The molecule has 1 amide bonds. The van der Waals surface area contributed by atoms with E-state index in [0.717, 1.165) is 29.8 Å². The maximum atomic E-state index is 12.6. The smallest absolute Gasteiger partial charge is 0.237 e. The van der Waals surface area contributed by atoms with Crippen molar-refractivity contribution < 1.29 is 4.79 Å². The van der Waals surface area contributed by atoms with Crippen LogP contribution >= 0.6 is 0 Å². The second kappa shape index (κ2) is 7.35. The number of rotatable bonds is 5. The van der Waals surface area contributed by atoms with Gasteiger partial charge in [0, 0.05) is 24.2 Å². The van der Waals surface area contributed by atoms with Crippen molar-refractivity contribution in [3.63, 3.8) is 0 Å². The van der Waals surface area contributed by atoms with Gasteiger partial charge in [-0.3, -0.25) is 14.8 Å². The van der Waals surface area contributed by atoms with Crippen LogP contribution in [0.4, 0.5) is 0 Å². The minimum atomic E-state index is -0.105. The molecule has 3 rings (SSSR count). The third kappa shape index (κ3) is 3.90. The normalized spacial score (nSPS) is 22.1. The van der Waals surface area contributed by atoms with Crippen molar-refractivity contribution in [1.29, 1.82) is 0 Å². The van der Waals surface area contributed by atoms with Crippen molar-refractivity contribution in [2.45, 2.75) is 65.2 Å². The minimum Gasteiger partial charge on any atom is -0.351 e. The number of nitrogens with one attached hydrogen (secondary N) is 2. The van der Waals surface area contributed by atoms with Gasteiger partial charge in [-0.1, -0.05) is 18.2 Å². The van der Waals surface area contributed by atoms with E-state index in [1.165, 1.54) is 0 Å². The van der Waals surface area contributed by atoms with Gasteiger partial charge in [-0.2, -0.15) is 5.10 Å². The summed E-state index contributed by atoms with van der Waals surface area (Å²) < 4.78 is 0. The van der Waals surface area contributed by atoms with Gasteiger partial charge in [0.05, 0.1) is 6.04 Å². The lowest BCUT2D eigenvalue weighted by Gasteiger charge is -2.31. The number of hydrogen-bond acceptors (Lipinski definition) is 4. The Kier molecular flexibility index (Phi) is 5.18. The minimum absolute atomic E-state index is 0.0831. The molecule has 0 aliphatic carbocycles. The lowest BCUT2D eigenvalue weighted by atomic mass is 10.1. The van der Waals surface area contributed by atoms with Crippen LogP contribution in [0.2, 0.25) is 0 Å². The highest BCUT2D eigenvalue weighted by Crippen LogP contribution is 2.26. The van der Waals surface area contributed by atoms with Crippen LogP contribution in [0.15, 0.2) is 24.3 Å². The van der Waals surface area contributed by atoms with E-state index in [9.17, 15) is 4.79 Å². The zero-order valence-electron chi connectivity index (χ0n) is 15.4. The summed E-state index contributed by atoms with van der Waals surface area (Å²) in [6, 6.07) is 8.80. The molecular formula is C19H27N5O. The number of carbonyl (C=O) groups excluding carboxylic acids is 1. The summed E-state index contributed by atoms with van der Waals surface area (Å²) in [5, 5.41) is 10.1. The number of aromatic nitrogens is 3. The third-order valence-electron chi connectivity index (χ3n) is 5.10. The van der Waals surface area contributed by atoms with Crippen LogP contribution < -0.4 is 5.32 Å². The first-order chi connectivity index (χ1) is 12.0. The van der Waals surface area contributed by atoms with E-state index in [1.54, 1.807) is 0 Å². The molecule has 6 heteroatoms. The fourth-order valence-electron chi connectivity index (χ4n) is 3.74. The van der Waals surface area contributed by atoms with Crippen molar-refractivity contribution in [3.05, 3.63) is 35.7 Å². The van der Waals surface area contributed by atoms with Crippen LogP contribution in [-0.2, 0) is 11.3 Å². The molecule has 134 valence electrons. The van der Waals surface area contributed by atoms with E-state index < -0.39 is 0 Å². The highest BCUT2D eigenvalue weighted by atomic mass is 16.2. The average Bonchev–Trinajstić information content (AvgIpc) is 3.18. The first-order valence-corrected chi connectivity index (χ1v) is 8.99. The van der Waals surface area contributed by atoms with Gasteiger partial charge >= 0.3 is 0 Å². The van der Waals surface area contributed by atoms with Crippen molar-refractivity contribution in [1.82, 2.24) is 25.4 Å². The average molecular weight is 341 g/mol. The fraction of sp³-hybridized carbons (Fsp3) is 0.526. The van der Waals surface area contributed by atoms with Gasteiger partial charge in [0.2, 0.25) is 5.91 Å². The van der Waals surface area contributed by atoms with Crippen LogP contribution in [-0.4, -0.2) is 44.1 Å². The molecule has 1 fully saturated rings. The molecule has 0 spiro atoms. The molecule has 3 atom stereocenters. The fourth-order valence-corrected chi connectivity index (χ4v) is 3.74. The molecule has 25 heavy (non-hydrogen) atoms. The van der Waals surface area contributed by atoms with Gasteiger partial charge in [-0.05, 0) is 52.2 Å². The number of amides is 1. The maximum absolute atomic E-state index is 12.6. The highest BCUT2D eigenvalue weighted by Gasteiger charge is 2.34. The van der Waals surface area contributed by atoms with Gasteiger partial charge in [-0.25, -0.2) is 4.98 Å². The number of benzene rings is 1. The topological polar surface area (TPSA) is 73.9 Å². The van der Waals surface area contributed by atoms with E-state index in [2.05, 4.69) is 39.2 Å². The van der Waals surface area contributed by atoms with Gasteiger partial charge in [0.1, 0.15) is 5.82 Å². The van der Waals surface area contributed by atoms with E-state index in [4.69, 9.17) is 0 Å². The Hall–Kier alpha value is -2.21. The van der Waals surface area contributed by atoms with Gasteiger partial charge < -0.3 is 5.32 Å². The van der Waals surface area contributed by atoms with Crippen LogP contribution in [0.3, 0.4) is 0 Å². The molecule has 0 bridgehead atoms. The van der Waals surface area contributed by atoms with Crippen LogP contribution in [0.1, 0.15) is 45.0 Å². The third-order valence-corrected chi connectivity index (χ3v) is 5.10. The van der Waals surface area contributed by atoms with Gasteiger partial charge in [0.15, 0.2) is 5.82 Å². The van der Waals surface area contributed by atoms with Gasteiger partial charge in [0.25, 0.3) is 0 Å². The molecule has 1 aromatic carbocycles. The summed E-state index contributed by atoms with van der Waals surface area (Å²) in [4.78, 5) is 19.2. The Morgan fingerprint density at radius 3 is 2.72 bits per heavy atom. The molecule has 2 N–H and O–H groups in total. The lowest BCUT2D eigenvalue weighted by Crippen LogP contribution is -2.48. The molecule has 0 radical (unpaired) electrons. The quantitative estimate of drug-likeness (QED) is 0.877. The monoisotopic (exact) mass is 341 g/mol. The second-order valence-corrected chi connectivity index (χ2v) is 7.06. The second-order valence-electron chi connectivity index (χ2n) is 7.06. The number of nitrogens with zero attached hydrogens (tertiary/aromatic N) is 3. The molecule has 2 aromatic rings. The molecular weight excluding hydrogens is 314 g/mol. The lowest BCUT2D eigenvalue weighted by molar-refractivity contribution is -0.127. The zero-order chi connectivity index (χ0) is 18.0. The Morgan fingerprint density at radius 1 is 1.36 bits per heavy atom. The summed E-state index contributed by atoms with van der Waals surface area (Å²) in [5.74, 6) is 1.55. The molecule has 2 heterocycles. The predicted molar refractivity (Wildman–Crippen MR) is 97.9 cm³/mol. The van der Waals surface area contributed by atoms with Crippen LogP contribution in [0.5, 0.6) is 0 Å². The maximum Gasteiger partial charge on any atom is 0.237 e. The van der Waals surface area contributed by atoms with E-state index in [-0.39, 0.29) is 11.9 Å². The number of aryl methyl sites for hydroxylation is 1. The van der Waals surface area contributed by atoms with Crippen molar-refractivity contribution in [2.24, 2.45) is 0 Å². The summed E-state index contributed by atoms with van der Waals surface area (Å²) in [7, 11) is 0. The predicted octanol–water partition coefficient (Wildman–Crippen LogP) is 2.66. The summed E-state index contributed by atoms with van der Waals surface area (Å²) in [6.45, 7) is 8.80. The molecule has 1 aliphatic heterocycles. The van der Waals surface area contributed by atoms with Crippen LogP contribution in [0, 0.1) is 6.92 Å². The highest BCUT2D eigenvalue weighted by molar-refractivity contribution is 5.81. The molecule has 1 aliphatic rings. The van der Waals surface area contributed by atoms with Crippen molar-refractivity contribution in [3.8, 4) is 11.4 Å². The number of likely N-dealkylation sites (tertiary alicyclic amines) is 1. The Balaban J connectivity index is 1.62. The van der Waals surface area contributed by atoms with E-state index in [0.29, 0.717) is 24.5 Å². The zero-order valence-corrected chi connectivity index (χ0v) is 15.4. The largest absolute Gasteiger partial charge is 0.351 e. The Labute approximate surface area is 149 Å². The molecule has 0 unspecified atom stereocenters. The Bertz CT molecular complexity index is 731. The van der Waals surface area contributed by atoms with E-state index >= 15 is 0 Å². The SMILES string of the molecule is Cc1nc(-c2cccc(CNC(=O)[C@H](C)N3[C@@H](C)CC[C@@H]3C)c2)n[nH]1. The summed E-state index contributed by atoms with van der Waals surface area (Å²) >= 11 is 0. The standard InChI is InChI=1S/C19H27N5O/c1-12-8-9-13(2)24(12)14(3)19(25)20-11-16-6-5-7-17(10-16)18-21-15(4)22-23-18/h5-7,10,12-14H,8-9,11H2,1-4H3,(H,20,25)(H,21,22,23)/t12-,13-,14-/m0/s1. The number of H-pyrrole nitrogens is 1. The van der Waals surface area contributed by atoms with Gasteiger partial charge in [-0.15, -0.1) is 0 Å². The first-order valence-electron chi connectivity index (χ1n) is 8.99. The Morgan fingerprint density at radius 2 is 2.08 bits per heavy atom.